The van der Waals surface area contributed by atoms with Crippen molar-refractivity contribution in [1.29, 1.82) is 0 Å². The fraction of sp³-hybridized carbons (Fsp3) is 0.359. The minimum atomic E-state index is -1.99. The van der Waals surface area contributed by atoms with E-state index < -0.39 is 46.7 Å². The zero-order chi connectivity index (χ0) is 37.3. The molecule has 3 aromatic carbocycles. The van der Waals surface area contributed by atoms with E-state index in [1.807, 2.05) is 74.7 Å². The van der Waals surface area contributed by atoms with E-state index in [9.17, 15) is 19.5 Å². The van der Waals surface area contributed by atoms with E-state index in [0.29, 0.717) is 23.6 Å². The summed E-state index contributed by atoms with van der Waals surface area (Å²) in [5, 5.41) is 22.8. The molecule has 6 rings (SSSR count). The highest BCUT2D eigenvalue weighted by Gasteiger charge is 2.61. The molecule has 272 valence electrons. The first kappa shape index (κ1) is 37.0. The Morgan fingerprint density at radius 1 is 1.12 bits per heavy atom. The number of carbonyl (C=O) groups excluding carboxylic acids is 3. The number of hydrogen-bond donors (Lipinski definition) is 3. The van der Waals surface area contributed by atoms with Crippen molar-refractivity contribution in [3.05, 3.63) is 105 Å². The fourth-order valence-electron chi connectivity index (χ4n) is 6.97. The van der Waals surface area contributed by atoms with Gasteiger partial charge in [0.05, 0.1) is 20.3 Å². The van der Waals surface area contributed by atoms with Crippen LogP contribution in [-0.4, -0.2) is 63.8 Å². The Bertz CT molecular complexity index is 2030. The number of ether oxygens (including phenoxy) is 3. The van der Waals surface area contributed by atoms with Gasteiger partial charge in [-0.05, 0) is 35.9 Å². The molecule has 1 aromatic heterocycles. The second-order valence-corrected chi connectivity index (χ2v) is 14.6. The van der Waals surface area contributed by atoms with Gasteiger partial charge in [-0.15, -0.1) is 11.8 Å². The van der Waals surface area contributed by atoms with Gasteiger partial charge in [-0.25, -0.2) is 4.98 Å². The van der Waals surface area contributed by atoms with Crippen LogP contribution in [0.25, 0.3) is 0 Å². The number of aromatic nitrogens is 3. The van der Waals surface area contributed by atoms with E-state index in [0.717, 1.165) is 10.5 Å². The molecule has 0 bridgehead atoms. The molecule has 2 heterocycles. The molecule has 1 spiro atoms. The van der Waals surface area contributed by atoms with Gasteiger partial charge in [0.1, 0.15) is 27.9 Å². The van der Waals surface area contributed by atoms with Crippen LogP contribution in [0, 0.1) is 5.92 Å². The van der Waals surface area contributed by atoms with E-state index in [1.165, 1.54) is 20.3 Å². The molecule has 1 amide bonds. The molecule has 4 aromatic rings. The van der Waals surface area contributed by atoms with E-state index in [4.69, 9.17) is 25.8 Å². The maximum Gasteiger partial charge on any atom is 0.231 e. The summed E-state index contributed by atoms with van der Waals surface area (Å²) < 4.78 is 17.3. The van der Waals surface area contributed by atoms with Crippen molar-refractivity contribution in [2.45, 2.75) is 68.4 Å². The summed E-state index contributed by atoms with van der Waals surface area (Å²) in [6.45, 7) is 5.63. The lowest BCUT2D eigenvalue weighted by molar-refractivity contribution is -0.122. The van der Waals surface area contributed by atoms with E-state index in [1.54, 1.807) is 18.7 Å². The average molecular weight is 745 g/mol. The summed E-state index contributed by atoms with van der Waals surface area (Å²) in [5.41, 5.74) is -0.453. The maximum atomic E-state index is 14.5. The smallest absolute Gasteiger partial charge is 0.231 e. The lowest BCUT2D eigenvalue weighted by Crippen LogP contribution is -2.53. The Hall–Kier alpha value is -4.81. The van der Waals surface area contributed by atoms with Crippen LogP contribution < -0.4 is 19.5 Å². The number of Topliss-reactive ketones (excluding diaryl/α,β-unsaturated/α-hetero) is 2. The highest BCUT2D eigenvalue weighted by Crippen LogP contribution is 2.55. The van der Waals surface area contributed by atoms with Crippen LogP contribution in [-0.2, 0) is 16.0 Å². The number of carbonyl (C=O) groups is 3. The van der Waals surface area contributed by atoms with Crippen LogP contribution in [0.1, 0.15) is 84.6 Å². The van der Waals surface area contributed by atoms with E-state index >= 15 is 0 Å². The molecule has 11 nitrogen and oxygen atoms in total. The summed E-state index contributed by atoms with van der Waals surface area (Å²) in [7, 11) is 2.82. The van der Waals surface area contributed by atoms with E-state index in [-0.39, 0.29) is 52.2 Å². The molecule has 2 aliphatic rings. The van der Waals surface area contributed by atoms with Gasteiger partial charge in [-0.3, -0.25) is 19.5 Å². The van der Waals surface area contributed by atoms with Crippen molar-refractivity contribution < 1.29 is 33.7 Å². The second kappa shape index (κ2) is 15.0. The van der Waals surface area contributed by atoms with Gasteiger partial charge in [0.15, 0.2) is 23.1 Å². The summed E-state index contributed by atoms with van der Waals surface area (Å²) >= 11 is 8.20. The summed E-state index contributed by atoms with van der Waals surface area (Å²) in [4.78, 5) is 48.4. The lowest BCUT2D eigenvalue weighted by atomic mass is 9.69. The molecule has 0 saturated heterocycles. The molecule has 4 atom stereocenters. The predicted octanol–water partition coefficient (Wildman–Crippen LogP) is 7.33. The molecular formula is C39H41ClN4O7S. The third-order valence-corrected chi connectivity index (χ3v) is 10.9. The number of nitrogens with one attached hydrogen (secondary N) is 2. The summed E-state index contributed by atoms with van der Waals surface area (Å²) in [5.74, 6) is -2.17. The van der Waals surface area contributed by atoms with Gasteiger partial charge in [0.25, 0.3) is 0 Å². The van der Waals surface area contributed by atoms with Gasteiger partial charge < -0.3 is 24.6 Å². The number of aliphatic hydroxyl groups excluding tert-OH is 1. The maximum absolute atomic E-state index is 14.5. The number of hydrogen-bond acceptors (Lipinski definition) is 10. The SMILES string of the molecule is COc1cc(OC)c2c(c1Cl)OC1(C2=O)C(O)=C(C(CC(=O)NC(Cc2ccccc2)c2nc(C(C)C)n[nH]2)c2ccc(SC)cc2)C(=O)CC1C. The van der Waals surface area contributed by atoms with Gasteiger partial charge in [0, 0.05) is 47.1 Å². The minimum absolute atomic E-state index is 0.00911. The van der Waals surface area contributed by atoms with Crippen LogP contribution in [0.4, 0.5) is 0 Å². The third-order valence-electron chi connectivity index (χ3n) is 9.75. The highest BCUT2D eigenvalue weighted by atomic mass is 35.5. The normalized spacial score (nSPS) is 19.4. The van der Waals surface area contributed by atoms with Crippen LogP contribution in [0.15, 0.2) is 76.9 Å². The van der Waals surface area contributed by atoms with Crippen LogP contribution in [0.3, 0.4) is 0 Å². The quantitative estimate of drug-likeness (QED) is 0.126. The van der Waals surface area contributed by atoms with Crippen molar-refractivity contribution in [2.24, 2.45) is 5.92 Å². The molecule has 1 aliphatic carbocycles. The summed E-state index contributed by atoms with van der Waals surface area (Å²) in [6, 6.07) is 18.0. The van der Waals surface area contributed by atoms with Crippen molar-refractivity contribution in [3.63, 3.8) is 0 Å². The molecule has 3 N–H and O–H groups in total. The number of rotatable bonds is 12. The monoisotopic (exact) mass is 744 g/mol. The number of allylic oxidation sites excluding steroid dienone is 1. The molecule has 1 aliphatic heterocycles. The number of nitrogens with zero attached hydrogens (tertiary/aromatic N) is 2. The summed E-state index contributed by atoms with van der Waals surface area (Å²) in [6.07, 6.45) is 2.00. The number of methoxy groups -OCH3 is 2. The molecule has 0 fully saturated rings. The number of thioether (sulfide) groups is 1. The number of aliphatic hydroxyl groups is 1. The van der Waals surface area contributed by atoms with Gasteiger partial charge >= 0.3 is 0 Å². The first-order valence-electron chi connectivity index (χ1n) is 17.0. The zero-order valence-electron chi connectivity index (χ0n) is 29.8. The predicted molar refractivity (Wildman–Crippen MR) is 198 cm³/mol. The molecular weight excluding hydrogens is 704 g/mol. The number of ketones is 2. The van der Waals surface area contributed by atoms with Crippen LogP contribution in [0.5, 0.6) is 17.2 Å². The Labute approximate surface area is 311 Å². The fourth-order valence-corrected chi connectivity index (χ4v) is 7.64. The molecule has 13 heteroatoms. The molecule has 0 radical (unpaired) electrons. The minimum Gasteiger partial charge on any atom is -0.507 e. The molecule has 0 saturated carbocycles. The largest absolute Gasteiger partial charge is 0.507 e. The third kappa shape index (κ3) is 6.65. The Kier molecular flexibility index (Phi) is 10.7. The second-order valence-electron chi connectivity index (χ2n) is 13.3. The van der Waals surface area contributed by atoms with Crippen LogP contribution >= 0.6 is 23.4 Å². The Balaban J connectivity index is 1.43. The molecule has 52 heavy (non-hydrogen) atoms. The van der Waals surface area contributed by atoms with Crippen molar-refractivity contribution in [2.75, 3.05) is 20.5 Å². The Morgan fingerprint density at radius 3 is 2.42 bits per heavy atom. The van der Waals surface area contributed by atoms with Gasteiger partial charge in [-0.2, -0.15) is 5.10 Å². The van der Waals surface area contributed by atoms with Crippen molar-refractivity contribution in [1.82, 2.24) is 20.5 Å². The topological polar surface area (TPSA) is 153 Å². The van der Waals surface area contributed by atoms with E-state index in [2.05, 4.69) is 20.5 Å². The number of benzene rings is 3. The average Bonchev–Trinajstić information content (AvgIpc) is 3.76. The number of halogens is 1. The number of aromatic amines is 1. The lowest BCUT2D eigenvalue weighted by Gasteiger charge is -2.38. The first-order valence-corrected chi connectivity index (χ1v) is 18.6. The van der Waals surface area contributed by atoms with Crippen LogP contribution in [0.2, 0.25) is 5.02 Å². The Morgan fingerprint density at radius 2 is 1.81 bits per heavy atom. The van der Waals surface area contributed by atoms with Crippen molar-refractivity contribution >= 4 is 40.8 Å². The van der Waals surface area contributed by atoms with Gasteiger partial charge in [-0.1, -0.05) is 74.8 Å². The highest BCUT2D eigenvalue weighted by molar-refractivity contribution is 7.98. The first-order chi connectivity index (χ1) is 24.9. The number of fused-ring (bicyclic) bond motifs is 1. The van der Waals surface area contributed by atoms with Gasteiger partial charge in [0.2, 0.25) is 17.3 Å². The molecule has 4 unspecified atom stereocenters. The zero-order valence-corrected chi connectivity index (χ0v) is 31.4. The number of H-pyrrole nitrogens is 1. The number of amides is 1. The standard InChI is InChI=1S/C39H41ClN4O7S/c1-20(2)37-42-38(44-43-37)26(17-22-10-8-7-9-11-22)41-30(46)18-25(23-12-14-24(52-6)15-13-23)31-27(45)16-21(3)39(35(31)47)36(48)32-28(49-4)19-29(50-5)33(40)34(32)51-39/h7-15,19-21,25-26,47H,16-18H2,1-6H3,(H,41,46)(H,42,43,44). The van der Waals surface area contributed by atoms with Crippen molar-refractivity contribution in [3.8, 4) is 17.2 Å².